The van der Waals surface area contributed by atoms with Gasteiger partial charge in [0.25, 0.3) is 11.8 Å². The van der Waals surface area contributed by atoms with Crippen molar-refractivity contribution in [2.45, 2.75) is 51.9 Å². The number of aromatic nitrogens is 1. The molecule has 0 atom stereocenters. The minimum atomic E-state index is -0.258. The van der Waals surface area contributed by atoms with E-state index >= 15 is 0 Å². The maximum atomic E-state index is 12.6. The van der Waals surface area contributed by atoms with Crippen LogP contribution in [-0.4, -0.2) is 23.3 Å². The van der Waals surface area contributed by atoms with Crippen LogP contribution in [0.25, 0.3) is 0 Å². The summed E-state index contributed by atoms with van der Waals surface area (Å²) in [5.41, 5.74) is 4.03. The summed E-state index contributed by atoms with van der Waals surface area (Å²) in [6.07, 6.45) is 9.42. The largest absolute Gasteiger partial charge is 0.350 e. The van der Waals surface area contributed by atoms with Crippen molar-refractivity contribution in [3.8, 4) is 0 Å². The van der Waals surface area contributed by atoms with E-state index in [1.165, 1.54) is 36.2 Å². The third-order valence-corrected chi connectivity index (χ3v) is 5.21. The molecule has 1 aromatic carbocycles. The summed E-state index contributed by atoms with van der Waals surface area (Å²) in [6, 6.07) is 10.9. The Balaban J connectivity index is 1.56. The van der Waals surface area contributed by atoms with Gasteiger partial charge >= 0.3 is 0 Å². The molecule has 1 aliphatic rings. The van der Waals surface area contributed by atoms with Gasteiger partial charge in [0.15, 0.2) is 0 Å². The fraction of sp³-hybridized carbons (Fsp3) is 0.375. The number of hydrogen-bond donors (Lipinski definition) is 2. The summed E-state index contributed by atoms with van der Waals surface area (Å²) >= 11 is 0. The van der Waals surface area contributed by atoms with E-state index in [0.717, 1.165) is 24.9 Å². The summed E-state index contributed by atoms with van der Waals surface area (Å²) in [4.78, 5) is 29.1. The van der Waals surface area contributed by atoms with Crippen LogP contribution < -0.4 is 10.6 Å². The third-order valence-electron chi connectivity index (χ3n) is 5.21. The quantitative estimate of drug-likeness (QED) is 0.647. The molecule has 1 aliphatic carbocycles. The second kappa shape index (κ2) is 10.0. The average Bonchev–Trinajstić information content (AvgIpc) is 2.75. The van der Waals surface area contributed by atoms with Crippen molar-refractivity contribution < 1.29 is 9.59 Å². The van der Waals surface area contributed by atoms with Crippen LogP contribution in [0.3, 0.4) is 0 Å². The van der Waals surface area contributed by atoms with Gasteiger partial charge in [-0.2, -0.15) is 0 Å². The van der Waals surface area contributed by atoms with E-state index in [-0.39, 0.29) is 17.5 Å². The molecule has 5 heteroatoms. The van der Waals surface area contributed by atoms with Crippen molar-refractivity contribution in [1.82, 2.24) is 10.3 Å². The summed E-state index contributed by atoms with van der Waals surface area (Å²) in [6.45, 7) is 4.84. The van der Waals surface area contributed by atoms with Crippen molar-refractivity contribution in [1.29, 1.82) is 0 Å². The number of pyridine rings is 1. The van der Waals surface area contributed by atoms with Gasteiger partial charge < -0.3 is 10.6 Å². The van der Waals surface area contributed by atoms with E-state index in [1.54, 1.807) is 6.07 Å². The molecule has 0 bridgehead atoms. The third kappa shape index (κ3) is 6.01. The number of amides is 2. The summed E-state index contributed by atoms with van der Waals surface area (Å²) < 4.78 is 0. The zero-order valence-electron chi connectivity index (χ0n) is 17.2. The summed E-state index contributed by atoms with van der Waals surface area (Å²) in [7, 11) is 0. The van der Waals surface area contributed by atoms with Crippen LogP contribution in [0.15, 0.2) is 54.2 Å². The van der Waals surface area contributed by atoms with Gasteiger partial charge in [0.2, 0.25) is 0 Å². The van der Waals surface area contributed by atoms with Crippen molar-refractivity contribution in [3.05, 3.63) is 71.1 Å². The van der Waals surface area contributed by atoms with Gasteiger partial charge in [0.05, 0.1) is 0 Å². The monoisotopic (exact) mass is 391 g/mol. The molecular weight excluding hydrogens is 362 g/mol. The van der Waals surface area contributed by atoms with Gasteiger partial charge in [0, 0.05) is 24.0 Å². The molecule has 152 valence electrons. The molecule has 29 heavy (non-hydrogen) atoms. The molecule has 2 amide bonds. The molecule has 0 spiro atoms. The Bertz CT molecular complexity index is 885. The van der Waals surface area contributed by atoms with Crippen LogP contribution in [0.4, 0.5) is 5.69 Å². The number of anilines is 1. The zero-order chi connectivity index (χ0) is 20.6. The number of hydrogen-bond acceptors (Lipinski definition) is 3. The van der Waals surface area contributed by atoms with Gasteiger partial charge in [-0.05, 0) is 67.9 Å². The maximum Gasteiger partial charge on any atom is 0.269 e. The van der Waals surface area contributed by atoms with Gasteiger partial charge in [0.1, 0.15) is 5.69 Å². The molecule has 0 unspecified atom stereocenters. The molecule has 0 fully saturated rings. The van der Waals surface area contributed by atoms with Crippen molar-refractivity contribution >= 4 is 17.5 Å². The minimum Gasteiger partial charge on any atom is -0.350 e. The SMILES string of the molecule is CC(C)c1ccc(NC(=O)c2ccnc(C(=O)NCCC3=CCCCC3)c2)cc1. The maximum absolute atomic E-state index is 12.6. The predicted octanol–water partition coefficient (Wildman–Crippen LogP) is 5.08. The Labute approximate surface area is 172 Å². The average molecular weight is 392 g/mol. The highest BCUT2D eigenvalue weighted by atomic mass is 16.2. The lowest BCUT2D eigenvalue weighted by Gasteiger charge is -2.13. The topological polar surface area (TPSA) is 71.1 Å². The second-order valence-corrected chi connectivity index (χ2v) is 7.77. The first kappa shape index (κ1) is 20.8. The van der Waals surface area contributed by atoms with Crippen molar-refractivity contribution in [3.63, 3.8) is 0 Å². The van der Waals surface area contributed by atoms with E-state index < -0.39 is 0 Å². The number of rotatable bonds is 7. The van der Waals surface area contributed by atoms with E-state index in [2.05, 4.69) is 35.5 Å². The Morgan fingerprint density at radius 2 is 1.86 bits per heavy atom. The molecule has 1 aromatic heterocycles. The lowest BCUT2D eigenvalue weighted by molar-refractivity contribution is 0.0949. The van der Waals surface area contributed by atoms with Crippen molar-refractivity contribution in [2.24, 2.45) is 0 Å². The molecule has 1 heterocycles. The highest BCUT2D eigenvalue weighted by Crippen LogP contribution is 2.20. The molecule has 0 aliphatic heterocycles. The standard InChI is InChI=1S/C24H29N3O2/c1-17(2)19-8-10-21(11-9-19)27-23(28)20-13-15-25-22(16-20)24(29)26-14-12-18-6-4-3-5-7-18/h6,8-11,13,15-17H,3-5,7,12,14H2,1-2H3,(H,26,29)(H,27,28). The number of allylic oxidation sites excluding steroid dienone is 1. The first-order valence-electron chi connectivity index (χ1n) is 10.4. The Morgan fingerprint density at radius 3 is 2.55 bits per heavy atom. The Kier molecular flexibility index (Phi) is 7.17. The van der Waals surface area contributed by atoms with Crippen LogP contribution in [-0.2, 0) is 0 Å². The van der Waals surface area contributed by atoms with E-state index in [1.807, 2.05) is 24.3 Å². The zero-order valence-corrected chi connectivity index (χ0v) is 17.2. The molecule has 2 N–H and O–H groups in total. The molecule has 0 radical (unpaired) electrons. The highest BCUT2D eigenvalue weighted by molar-refractivity contribution is 6.05. The number of nitrogens with zero attached hydrogens (tertiary/aromatic N) is 1. The van der Waals surface area contributed by atoms with E-state index in [4.69, 9.17) is 0 Å². The van der Waals surface area contributed by atoms with Crippen LogP contribution in [0.1, 0.15) is 78.3 Å². The smallest absolute Gasteiger partial charge is 0.269 e. The van der Waals surface area contributed by atoms with Gasteiger partial charge in [-0.25, -0.2) is 0 Å². The first-order chi connectivity index (χ1) is 14.0. The molecule has 0 saturated heterocycles. The van der Waals surface area contributed by atoms with Gasteiger partial charge in [-0.1, -0.05) is 37.6 Å². The van der Waals surface area contributed by atoms with E-state index in [0.29, 0.717) is 18.0 Å². The fourth-order valence-electron chi connectivity index (χ4n) is 3.41. The van der Waals surface area contributed by atoms with Crippen LogP contribution in [0.2, 0.25) is 0 Å². The first-order valence-corrected chi connectivity index (χ1v) is 10.4. The number of carbonyl (C=O) groups excluding carboxylic acids is 2. The lowest BCUT2D eigenvalue weighted by Crippen LogP contribution is -2.26. The molecule has 5 nitrogen and oxygen atoms in total. The number of carbonyl (C=O) groups is 2. The number of benzene rings is 1. The van der Waals surface area contributed by atoms with Crippen LogP contribution in [0, 0.1) is 0 Å². The predicted molar refractivity (Wildman–Crippen MR) is 116 cm³/mol. The van der Waals surface area contributed by atoms with Gasteiger partial charge in [-0.3, -0.25) is 14.6 Å². The second-order valence-electron chi connectivity index (χ2n) is 7.77. The van der Waals surface area contributed by atoms with Gasteiger partial charge in [-0.15, -0.1) is 0 Å². The highest BCUT2D eigenvalue weighted by Gasteiger charge is 2.13. The molecule has 3 rings (SSSR count). The van der Waals surface area contributed by atoms with E-state index in [9.17, 15) is 9.59 Å². The lowest BCUT2D eigenvalue weighted by atomic mass is 9.97. The van der Waals surface area contributed by atoms with Crippen molar-refractivity contribution in [2.75, 3.05) is 11.9 Å². The Morgan fingerprint density at radius 1 is 1.07 bits per heavy atom. The normalized spacial score (nSPS) is 13.7. The minimum absolute atomic E-state index is 0.252. The van der Waals surface area contributed by atoms with Crippen LogP contribution in [0.5, 0.6) is 0 Å². The molecular formula is C24H29N3O2. The Hall–Kier alpha value is -2.95. The number of nitrogens with one attached hydrogen (secondary N) is 2. The fourth-order valence-corrected chi connectivity index (χ4v) is 3.41. The summed E-state index contributed by atoms with van der Waals surface area (Å²) in [5, 5.41) is 5.78. The summed E-state index contributed by atoms with van der Waals surface area (Å²) in [5.74, 6) is -0.0705. The molecule has 0 saturated carbocycles. The molecule has 2 aromatic rings. The van der Waals surface area contributed by atoms with Crippen LogP contribution >= 0.6 is 0 Å².